The van der Waals surface area contributed by atoms with Gasteiger partial charge in [0.1, 0.15) is 17.2 Å². The summed E-state index contributed by atoms with van der Waals surface area (Å²) < 4.78 is 6.08. The normalized spacial score (nSPS) is 10.5. The van der Waals surface area contributed by atoms with Gasteiger partial charge in [-0.15, -0.1) is 10.2 Å². The molecule has 0 bridgehead atoms. The van der Waals surface area contributed by atoms with Crippen molar-refractivity contribution in [3.05, 3.63) is 16.7 Å². The highest BCUT2D eigenvalue weighted by molar-refractivity contribution is 9.10. The van der Waals surface area contributed by atoms with E-state index in [0.29, 0.717) is 11.1 Å². The summed E-state index contributed by atoms with van der Waals surface area (Å²) in [7, 11) is 0. The van der Waals surface area contributed by atoms with Crippen molar-refractivity contribution in [3.8, 4) is 0 Å². The summed E-state index contributed by atoms with van der Waals surface area (Å²) in [6.07, 6.45) is 1.49. The highest BCUT2D eigenvalue weighted by atomic mass is 79.9. The summed E-state index contributed by atoms with van der Waals surface area (Å²) in [6, 6.07) is 0. The monoisotopic (exact) mass is 315 g/mol. The summed E-state index contributed by atoms with van der Waals surface area (Å²) in [4.78, 5) is 8.29. The average molecular weight is 316 g/mol. The fraction of sp³-hybridized carbons (Fsp3) is 0.333. The Morgan fingerprint density at radius 2 is 2.24 bits per heavy atom. The molecule has 0 aliphatic rings. The first-order chi connectivity index (χ1) is 8.20. The molecule has 0 amide bonds. The van der Waals surface area contributed by atoms with Crippen LogP contribution in [0.25, 0.3) is 0 Å². The summed E-state index contributed by atoms with van der Waals surface area (Å²) in [5.74, 6) is 1.28. The van der Waals surface area contributed by atoms with E-state index in [-0.39, 0.29) is 0 Å². The Hall–Kier alpha value is -1.15. The number of nitrogens with zero attached hydrogens (tertiary/aromatic N) is 4. The molecule has 1 N–H and O–H groups in total. The minimum absolute atomic E-state index is 0.462. The largest absolute Gasteiger partial charge is 0.416 e. The number of anilines is 1. The second-order valence-corrected chi connectivity index (χ2v) is 4.79. The summed E-state index contributed by atoms with van der Waals surface area (Å²) in [5.41, 5.74) is 0. The Bertz CT molecular complexity index is 518. The average Bonchev–Trinajstić information content (AvgIpc) is 2.70. The highest BCUT2D eigenvalue weighted by Gasteiger charge is 2.12. The Kier molecular flexibility index (Phi) is 3.95. The van der Waals surface area contributed by atoms with E-state index in [0.717, 1.165) is 21.9 Å². The number of nitrogens with one attached hydrogen (secondary N) is 1. The standard InChI is InChI=1S/C9H10BrN5OS/c1-3-11-7-6(10)8(13-4-12-7)17-9-15-14-5(2)16-9/h4H,3H2,1-2H3,(H,11,12,13). The van der Waals surface area contributed by atoms with Crippen LogP contribution >= 0.6 is 27.7 Å². The quantitative estimate of drug-likeness (QED) is 0.868. The third-order valence-electron chi connectivity index (χ3n) is 1.79. The van der Waals surface area contributed by atoms with E-state index in [1.807, 2.05) is 6.92 Å². The molecule has 2 rings (SSSR count). The minimum atomic E-state index is 0.462. The van der Waals surface area contributed by atoms with E-state index < -0.39 is 0 Å². The maximum absolute atomic E-state index is 5.28. The molecular formula is C9H10BrN5OS. The maximum Gasteiger partial charge on any atom is 0.282 e. The van der Waals surface area contributed by atoms with Gasteiger partial charge in [-0.25, -0.2) is 9.97 Å². The van der Waals surface area contributed by atoms with Crippen molar-refractivity contribution in [1.29, 1.82) is 0 Å². The van der Waals surface area contributed by atoms with Gasteiger partial charge in [0.2, 0.25) is 5.89 Å². The first kappa shape index (κ1) is 12.3. The SMILES string of the molecule is CCNc1ncnc(Sc2nnc(C)o2)c1Br. The van der Waals surface area contributed by atoms with Crippen LogP contribution in [0.15, 0.2) is 25.5 Å². The summed E-state index contributed by atoms with van der Waals surface area (Å²) >= 11 is 4.75. The zero-order valence-corrected chi connectivity index (χ0v) is 11.7. The Morgan fingerprint density at radius 1 is 1.41 bits per heavy atom. The van der Waals surface area contributed by atoms with Crippen molar-refractivity contribution in [2.24, 2.45) is 0 Å². The van der Waals surface area contributed by atoms with Crippen molar-refractivity contribution >= 4 is 33.5 Å². The molecule has 2 heterocycles. The fourth-order valence-electron chi connectivity index (χ4n) is 1.12. The number of rotatable bonds is 4. The Labute approximate surface area is 111 Å². The number of aryl methyl sites for hydroxylation is 1. The predicted molar refractivity (Wildman–Crippen MR) is 67.1 cm³/mol. The zero-order chi connectivity index (χ0) is 12.3. The van der Waals surface area contributed by atoms with Crippen molar-refractivity contribution in [2.75, 3.05) is 11.9 Å². The fourth-order valence-corrected chi connectivity index (χ4v) is 2.40. The van der Waals surface area contributed by atoms with Crippen LogP contribution in [0.2, 0.25) is 0 Å². The van der Waals surface area contributed by atoms with Crippen LogP contribution < -0.4 is 5.32 Å². The van der Waals surface area contributed by atoms with Gasteiger partial charge in [-0.3, -0.25) is 0 Å². The van der Waals surface area contributed by atoms with Gasteiger partial charge in [0.15, 0.2) is 0 Å². The molecule has 0 aliphatic heterocycles. The third-order valence-corrected chi connectivity index (χ3v) is 3.65. The second-order valence-electron chi connectivity index (χ2n) is 3.06. The lowest BCUT2D eigenvalue weighted by Gasteiger charge is -2.06. The molecule has 0 saturated carbocycles. The van der Waals surface area contributed by atoms with Crippen LogP contribution in [0.5, 0.6) is 0 Å². The molecule has 0 saturated heterocycles. The molecule has 0 atom stereocenters. The van der Waals surface area contributed by atoms with E-state index in [1.165, 1.54) is 18.1 Å². The number of hydrogen-bond acceptors (Lipinski definition) is 7. The van der Waals surface area contributed by atoms with Crippen LogP contribution in [0.3, 0.4) is 0 Å². The van der Waals surface area contributed by atoms with Crippen LogP contribution in [0.1, 0.15) is 12.8 Å². The van der Waals surface area contributed by atoms with Crippen molar-refractivity contribution in [1.82, 2.24) is 20.2 Å². The molecule has 90 valence electrons. The molecule has 0 spiro atoms. The van der Waals surface area contributed by atoms with Crippen molar-refractivity contribution in [2.45, 2.75) is 24.1 Å². The van der Waals surface area contributed by atoms with Gasteiger partial charge in [0.05, 0.1) is 4.47 Å². The van der Waals surface area contributed by atoms with Crippen LogP contribution in [-0.4, -0.2) is 26.7 Å². The van der Waals surface area contributed by atoms with Gasteiger partial charge in [0, 0.05) is 13.5 Å². The molecular weight excluding hydrogens is 306 g/mol. The van der Waals surface area contributed by atoms with Gasteiger partial charge in [-0.2, -0.15) is 0 Å². The molecule has 0 aliphatic carbocycles. The van der Waals surface area contributed by atoms with E-state index in [9.17, 15) is 0 Å². The van der Waals surface area contributed by atoms with Crippen molar-refractivity contribution in [3.63, 3.8) is 0 Å². The second kappa shape index (κ2) is 5.46. The summed E-state index contributed by atoms with van der Waals surface area (Å²) in [6.45, 7) is 4.54. The lowest BCUT2D eigenvalue weighted by molar-refractivity contribution is 0.429. The maximum atomic E-state index is 5.28. The lowest BCUT2D eigenvalue weighted by Crippen LogP contribution is -2.01. The number of aromatic nitrogens is 4. The molecule has 2 aromatic heterocycles. The van der Waals surface area contributed by atoms with Gasteiger partial charge in [0.25, 0.3) is 5.22 Å². The van der Waals surface area contributed by atoms with E-state index >= 15 is 0 Å². The highest BCUT2D eigenvalue weighted by Crippen LogP contribution is 2.33. The third kappa shape index (κ3) is 2.95. The first-order valence-electron chi connectivity index (χ1n) is 4.93. The van der Waals surface area contributed by atoms with Crippen LogP contribution in [0.4, 0.5) is 5.82 Å². The number of hydrogen-bond donors (Lipinski definition) is 1. The zero-order valence-electron chi connectivity index (χ0n) is 9.27. The number of halogens is 1. The lowest BCUT2D eigenvalue weighted by atomic mass is 10.5. The minimum Gasteiger partial charge on any atom is -0.416 e. The smallest absolute Gasteiger partial charge is 0.282 e. The molecule has 0 radical (unpaired) electrons. The van der Waals surface area contributed by atoms with Gasteiger partial charge in [-0.1, -0.05) is 0 Å². The van der Waals surface area contributed by atoms with Gasteiger partial charge >= 0.3 is 0 Å². The van der Waals surface area contributed by atoms with Crippen molar-refractivity contribution < 1.29 is 4.42 Å². The topological polar surface area (TPSA) is 76.7 Å². The Morgan fingerprint density at radius 3 is 2.88 bits per heavy atom. The van der Waals surface area contributed by atoms with E-state index in [2.05, 4.69) is 41.4 Å². The van der Waals surface area contributed by atoms with Gasteiger partial charge in [-0.05, 0) is 34.6 Å². The molecule has 17 heavy (non-hydrogen) atoms. The molecule has 0 aromatic carbocycles. The van der Waals surface area contributed by atoms with E-state index in [1.54, 1.807) is 6.92 Å². The first-order valence-corrected chi connectivity index (χ1v) is 6.54. The van der Waals surface area contributed by atoms with Crippen LogP contribution in [-0.2, 0) is 0 Å². The molecule has 0 fully saturated rings. The van der Waals surface area contributed by atoms with Crippen LogP contribution in [0, 0.1) is 6.92 Å². The Balaban J connectivity index is 2.23. The summed E-state index contributed by atoms with van der Waals surface area (Å²) in [5, 5.41) is 12.0. The van der Waals surface area contributed by atoms with Gasteiger partial charge < -0.3 is 9.73 Å². The predicted octanol–water partition coefficient (Wildman–Crippen LogP) is 2.51. The molecule has 2 aromatic rings. The molecule has 0 unspecified atom stereocenters. The molecule has 6 nitrogen and oxygen atoms in total. The van der Waals surface area contributed by atoms with E-state index in [4.69, 9.17) is 4.42 Å². The molecule has 8 heteroatoms.